The van der Waals surface area contributed by atoms with Gasteiger partial charge in [0.1, 0.15) is 0 Å². The molecule has 1 unspecified atom stereocenters. The van der Waals surface area contributed by atoms with E-state index in [1.165, 1.54) is 0 Å². The topological polar surface area (TPSA) is 60.2 Å². The Morgan fingerprint density at radius 3 is 2.33 bits per heavy atom. The van der Waals surface area contributed by atoms with Gasteiger partial charge in [0, 0.05) is 10.5 Å². The highest BCUT2D eigenvalue weighted by Crippen LogP contribution is 2.13. The maximum absolute atomic E-state index is 11.6. The fourth-order valence-corrected chi connectivity index (χ4v) is 3.18. The number of nitrogens with two attached hydrogens (primary N) is 1. The fraction of sp³-hybridized carbons (Fsp3) is 0.400. The lowest BCUT2D eigenvalue weighted by Crippen LogP contribution is -2.26. The summed E-state index contributed by atoms with van der Waals surface area (Å²) >= 11 is 3.30. The second-order valence-electron chi connectivity index (χ2n) is 3.66. The van der Waals surface area contributed by atoms with E-state index >= 15 is 0 Å². The Bertz CT molecular complexity index is 412. The molecule has 1 aromatic rings. The van der Waals surface area contributed by atoms with Crippen LogP contribution >= 0.6 is 15.9 Å². The normalized spacial score (nSPS) is 13.8. The van der Waals surface area contributed by atoms with Crippen LogP contribution in [0.4, 0.5) is 0 Å². The third kappa shape index (κ3) is 4.77. The molecule has 1 atom stereocenters. The number of sulfone groups is 1. The monoisotopic (exact) mass is 291 g/mol. The van der Waals surface area contributed by atoms with Crippen LogP contribution in [0.25, 0.3) is 0 Å². The van der Waals surface area contributed by atoms with Gasteiger partial charge < -0.3 is 5.73 Å². The van der Waals surface area contributed by atoms with E-state index in [1.54, 1.807) is 19.1 Å². The highest BCUT2D eigenvalue weighted by atomic mass is 79.9. The van der Waals surface area contributed by atoms with Gasteiger partial charge in [-0.3, -0.25) is 0 Å². The molecule has 0 radical (unpaired) electrons. The van der Waals surface area contributed by atoms with Crippen molar-refractivity contribution in [2.24, 2.45) is 5.73 Å². The zero-order valence-electron chi connectivity index (χ0n) is 8.48. The molecule has 3 nitrogen and oxygen atoms in total. The third-order valence-corrected chi connectivity index (χ3v) is 4.15. The number of hydrogen-bond acceptors (Lipinski definition) is 3. The Hall–Kier alpha value is -0.390. The van der Waals surface area contributed by atoms with Gasteiger partial charge in [-0.15, -0.1) is 0 Å². The van der Waals surface area contributed by atoms with Crippen molar-refractivity contribution in [3.63, 3.8) is 0 Å². The Morgan fingerprint density at radius 1 is 1.33 bits per heavy atom. The zero-order chi connectivity index (χ0) is 11.5. The second-order valence-corrected chi connectivity index (χ2v) is 6.68. The van der Waals surface area contributed by atoms with E-state index in [-0.39, 0.29) is 17.5 Å². The largest absolute Gasteiger partial charge is 0.327 e. The van der Waals surface area contributed by atoms with Crippen molar-refractivity contribution in [2.75, 3.05) is 5.75 Å². The van der Waals surface area contributed by atoms with E-state index < -0.39 is 9.84 Å². The molecule has 0 aliphatic rings. The van der Waals surface area contributed by atoms with E-state index in [4.69, 9.17) is 5.73 Å². The lowest BCUT2D eigenvalue weighted by Gasteiger charge is -2.07. The van der Waals surface area contributed by atoms with Crippen LogP contribution in [0.3, 0.4) is 0 Å². The first-order chi connectivity index (χ1) is 6.89. The van der Waals surface area contributed by atoms with Crippen molar-refractivity contribution in [2.45, 2.75) is 18.7 Å². The maximum Gasteiger partial charge on any atom is 0.155 e. The van der Waals surface area contributed by atoms with Gasteiger partial charge in [0.2, 0.25) is 0 Å². The van der Waals surface area contributed by atoms with Crippen LogP contribution in [-0.2, 0) is 15.6 Å². The molecule has 0 amide bonds. The van der Waals surface area contributed by atoms with Crippen LogP contribution in [0.15, 0.2) is 28.7 Å². The first kappa shape index (κ1) is 12.7. The summed E-state index contributed by atoms with van der Waals surface area (Å²) in [4.78, 5) is 0. The smallest absolute Gasteiger partial charge is 0.155 e. The summed E-state index contributed by atoms with van der Waals surface area (Å²) in [5.41, 5.74) is 6.26. The molecule has 0 saturated heterocycles. The quantitative estimate of drug-likeness (QED) is 0.919. The van der Waals surface area contributed by atoms with Crippen LogP contribution in [0, 0.1) is 0 Å². The lowest BCUT2D eigenvalue weighted by molar-refractivity contribution is 0.589. The van der Waals surface area contributed by atoms with E-state index in [9.17, 15) is 8.42 Å². The summed E-state index contributed by atoms with van der Waals surface area (Å²) in [6.45, 7) is 1.69. The Balaban J connectivity index is 2.73. The van der Waals surface area contributed by atoms with E-state index in [2.05, 4.69) is 15.9 Å². The molecule has 1 aromatic carbocycles. The zero-order valence-corrected chi connectivity index (χ0v) is 10.9. The highest BCUT2D eigenvalue weighted by Gasteiger charge is 2.13. The molecule has 0 aliphatic heterocycles. The molecular formula is C10H14BrNO2S. The summed E-state index contributed by atoms with van der Waals surface area (Å²) in [5.74, 6) is 0.0882. The molecule has 2 N–H and O–H groups in total. The number of halogens is 1. The molecule has 0 aromatic heterocycles. The standard InChI is InChI=1S/C10H14BrNO2S/c1-8(12)6-15(13,14)7-9-2-4-10(11)5-3-9/h2-5,8H,6-7,12H2,1H3. The first-order valence-electron chi connectivity index (χ1n) is 4.59. The van der Waals surface area contributed by atoms with Crippen LogP contribution in [0.1, 0.15) is 12.5 Å². The Labute approximate surface area is 98.7 Å². The van der Waals surface area contributed by atoms with Crippen LogP contribution in [0.2, 0.25) is 0 Å². The van der Waals surface area contributed by atoms with E-state index in [0.29, 0.717) is 0 Å². The van der Waals surface area contributed by atoms with E-state index in [0.717, 1.165) is 10.0 Å². The van der Waals surface area contributed by atoms with Gasteiger partial charge in [-0.1, -0.05) is 28.1 Å². The summed E-state index contributed by atoms with van der Waals surface area (Å²) in [7, 11) is -3.09. The third-order valence-electron chi connectivity index (χ3n) is 1.82. The van der Waals surface area contributed by atoms with Gasteiger partial charge in [0.05, 0.1) is 11.5 Å². The molecule has 15 heavy (non-hydrogen) atoms. The number of benzene rings is 1. The molecule has 0 bridgehead atoms. The average molecular weight is 292 g/mol. The average Bonchev–Trinajstić information content (AvgIpc) is 2.06. The minimum atomic E-state index is -3.09. The van der Waals surface area contributed by atoms with Gasteiger partial charge in [-0.05, 0) is 24.6 Å². The Morgan fingerprint density at radius 2 is 1.87 bits per heavy atom. The number of hydrogen-bond donors (Lipinski definition) is 1. The van der Waals surface area contributed by atoms with E-state index in [1.807, 2.05) is 12.1 Å². The fourth-order valence-electron chi connectivity index (χ4n) is 1.29. The van der Waals surface area contributed by atoms with Crippen molar-refractivity contribution in [1.82, 2.24) is 0 Å². The molecule has 1 rings (SSSR count). The summed E-state index contributed by atoms with van der Waals surface area (Å²) in [5, 5.41) is 0. The van der Waals surface area contributed by atoms with Gasteiger partial charge in [-0.25, -0.2) is 8.42 Å². The summed E-state index contributed by atoms with van der Waals surface area (Å²) in [6, 6.07) is 6.93. The summed E-state index contributed by atoms with van der Waals surface area (Å²) < 4.78 is 24.1. The van der Waals surface area contributed by atoms with Gasteiger partial charge in [-0.2, -0.15) is 0 Å². The van der Waals surface area contributed by atoms with Crippen molar-refractivity contribution in [3.8, 4) is 0 Å². The van der Waals surface area contributed by atoms with Crippen LogP contribution < -0.4 is 5.73 Å². The predicted molar refractivity (Wildman–Crippen MR) is 65.3 cm³/mol. The van der Waals surface area contributed by atoms with Crippen LogP contribution in [-0.4, -0.2) is 20.2 Å². The molecular weight excluding hydrogens is 278 g/mol. The molecule has 0 fully saturated rings. The summed E-state index contributed by atoms with van der Waals surface area (Å²) in [6.07, 6.45) is 0. The highest BCUT2D eigenvalue weighted by molar-refractivity contribution is 9.10. The Kier molecular flexibility index (Phi) is 4.31. The van der Waals surface area contributed by atoms with Gasteiger partial charge >= 0.3 is 0 Å². The van der Waals surface area contributed by atoms with Crippen molar-refractivity contribution in [3.05, 3.63) is 34.3 Å². The molecule has 0 saturated carbocycles. The predicted octanol–water partition coefficient (Wildman–Crippen LogP) is 1.71. The lowest BCUT2D eigenvalue weighted by atomic mass is 10.2. The minimum absolute atomic E-state index is 0.0308. The molecule has 84 valence electrons. The van der Waals surface area contributed by atoms with Crippen LogP contribution in [0.5, 0.6) is 0 Å². The van der Waals surface area contributed by atoms with Crippen molar-refractivity contribution < 1.29 is 8.42 Å². The molecule has 0 aliphatic carbocycles. The maximum atomic E-state index is 11.6. The van der Waals surface area contributed by atoms with Gasteiger partial charge in [0.15, 0.2) is 9.84 Å². The first-order valence-corrected chi connectivity index (χ1v) is 7.21. The SMILES string of the molecule is CC(N)CS(=O)(=O)Cc1ccc(Br)cc1. The molecule has 0 spiro atoms. The molecule has 5 heteroatoms. The van der Waals surface area contributed by atoms with Crippen molar-refractivity contribution >= 4 is 25.8 Å². The minimum Gasteiger partial charge on any atom is -0.327 e. The van der Waals surface area contributed by atoms with Gasteiger partial charge in [0.25, 0.3) is 0 Å². The van der Waals surface area contributed by atoms with Crippen molar-refractivity contribution in [1.29, 1.82) is 0 Å². The second kappa shape index (κ2) is 5.09. The number of rotatable bonds is 4. The molecule has 0 heterocycles.